The molecule has 2 N–H and O–H groups in total. The van der Waals surface area contributed by atoms with Gasteiger partial charge < -0.3 is 14.9 Å². The number of nitrogens with two attached hydrogens (primary N) is 1. The monoisotopic (exact) mass is 298 g/mol. The van der Waals surface area contributed by atoms with Crippen LogP contribution in [0, 0.1) is 11.3 Å². The minimum atomic E-state index is 0.359. The maximum atomic E-state index is 9.16. The highest BCUT2D eigenvalue weighted by molar-refractivity contribution is 8.08. The Morgan fingerprint density at radius 1 is 1.33 bits per heavy atom. The van der Waals surface area contributed by atoms with Crippen LogP contribution in [-0.4, -0.2) is 12.9 Å². The molecule has 0 fully saturated rings. The number of hydrogen-bond donors (Lipinski definition) is 1. The van der Waals surface area contributed by atoms with Crippen molar-refractivity contribution >= 4 is 22.6 Å². The van der Waals surface area contributed by atoms with Crippen molar-refractivity contribution in [2.45, 2.75) is 6.42 Å². The molecule has 1 aliphatic heterocycles. The second kappa shape index (κ2) is 5.58. The molecule has 21 heavy (non-hydrogen) atoms. The summed E-state index contributed by atoms with van der Waals surface area (Å²) in [7, 11) is 1.63. The van der Waals surface area contributed by atoms with Gasteiger partial charge in [0.1, 0.15) is 11.5 Å². The minimum Gasteiger partial charge on any atom is -0.497 e. The number of hydrogen-bond acceptors (Lipinski definition) is 5. The van der Waals surface area contributed by atoms with Gasteiger partial charge in [0.25, 0.3) is 0 Å². The van der Waals surface area contributed by atoms with E-state index in [0.29, 0.717) is 11.6 Å². The summed E-state index contributed by atoms with van der Waals surface area (Å²) >= 11 is 1.65. The van der Waals surface area contributed by atoms with Crippen molar-refractivity contribution in [3.05, 3.63) is 41.5 Å². The lowest BCUT2D eigenvalue weighted by Crippen LogP contribution is -1.86. The van der Waals surface area contributed by atoms with Crippen molar-refractivity contribution in [2.24, 2.45) is 0 Å². The highest BCUT2D eigenvalue weighted by Gasteiger charge is 2.22. The largest absolute Gasteiger partial charge is 0.497 e. The van der Waals surface area contributed by atoms with Gasteiger partial charge in [-0.1, -0.05) is 0 Å². The molecule has 0 unspecified atom stereocenters. The van der Waals surface area contributed by atoms with Gasteiger partial charge in [-0.3, -0.25) is 0 Å². The van der Waals surface area contributed by atoms with Crippen LogP contribution in [0.15, 0.2) is 40.3 Å². The van der Waals surface area contributed by atoms with Crippen molar-refractivity contribution in [3.8, 4) is 23.1 Å². The van der Waals surface area contributed by atoms with E-state index in [1.165, 1.54) is 0 Å². The summed E-state index contributed by atoms with van der Waals surface area (Å²) in [5.41, 5.74) is 8.52. The third-order valence-electron chi connectivity index (χ3n) is 3.39. The first kappa shape index (κ1) is 13.7. The van der Waals surface area contributed by atoms with Crippen molar-refractivity contribution < 1.29 is 9.15 Å². The number of ether oxygens (including phenoxy) is 1. The van der Waals surface area contributed by atoms with E-state index in [9.17, 15) is 0 Å². The van der Waals surface area contributed by atoms with Crippen LogP contribution in [-0.2, 0) is 0 Å². The fourth-order valence-corrected chi connectivity index (χ4v) is 3.43. The van der Waals surface area contributed by atoms with E-state index in [0.717, 1.165) is 39.5 Å². The van der Waals surface area contributed by atoms with E-state index in [4.69, 9.17) is 20.1 Å². The maximum absolute atomic E-state index is 9.16. The van der Waals surface area contributed by atoms with E-state index in [1.807, 2.05) is 30.3 Å². The van der Waals surface area contributed by atoms with Gasteiger partial charge >= 0.3 is 0 Å². The second-order valence-electron chi connectivity index (χ2n) is 4.64. The second-order valence-corrected chi connectivity index (χ2v) is 5.74. The van der Waals surface area contributed by atoms with Crippen LogP contribution in [0.1, 0.15) is 12.0 Å². The molecular weight excluding hydrogens is 284 g/mol. The lowest BCUT2D eigenvalue weighted by molar-refractivity contribution is 0.415. The Hall–Kier alpha value is -2.32. The normalized spacial score (nSPS) is 14.3. The average Bonchev–Trinajstić information content (AvgIpc) is 3.13. The smallest absolute Gasteiger partial charge is 0.199 e. The van der Waals surface area contributed by atoms with Gasteiger partial charge in [0.05, 0.1) is 18.7 Å². The summed E-state index contributed by atoms with van der Waals surface area (Å²) in [6, 6.07) is 11.7. The molecule has 0 saturated carbocycles. The van der Waals surface area contributed by atoms with Gasteiger partial charge in [0.2, 0.25) is 0 Å². The highest BCUT2D eigenvalue weighted by Crippen LogP contribution is 2.43. The molecular formula is C16H14N2O2S. The lowest BCUT2D eigenvalue weighted by Gasteiger charge is -2.00. The van der Waals surface area contributed by atoms with Crippen LogP contribution in [0.4, 0.5) is 5.88 Å². The molecule has 0 atom stereocenters. The predicted octanol–water partition coefficient (Wildman–Crippen LogP) is 3.91. The van der Waals surface area contributed by atoms with Crippen LogP contribution in [0.3, 0.4) is 0 Å². The topological polar surface area (TPSA) is 72.2 Å². The van der Waals surface area contributed by atoms with Crippen LogP contribution in [0.5, 0.6) is 5.75 Å². The van der Waals surface area contributed by atoms with Crippen LogP contribution >= 0.6 is 11.8 Å². The van der Waals surface area contributed by atoms with Crippen LogP contribution in [0.2, 0.25) is 0 Å². The molecule has 1 aliphatic rings. The first-order valence-corrected chi connectivity index (χ1v) is 7.51. The zero-order valence-corrected chi connectivity index (χ0v) is 12.4. The first-order chi connectivity index (χ1) is 10.2. The highest BCUT2D eigenvalue weighted by atomic mass is 32.2. The Labute approximate surface area is 127 Å². The van der Waals surface area contributed by atoms with Crippen molar-refractivity contribution in [3.63, 3.8) is 0 Å². The van der Waals surface area contributed by atoms with E-state index >= 15 is 0 Å². The third kappa shape index (κ3) is 2.50. The summed E-state index contributed by atoms with van der Waals surface area (Å²) < 4.78 is 10.8. The van der Waals surface area contributed by atoms with Crippen LogP contribution in [0.25, 0.3) is 16.2 Å². The van der Waals surface area contributed by atoms with E-state index in [-0.39, 0.29) is 0 Å². The van der Waals surface area contributed by atoms with Crippen molar-refractivity contribution in [1.82, 2.24) is 0 Å². The molecule has 0 spiro atoms. The maximum Gasteiger partial charge on any atom is 0.199 e. The molecule has 0 bridgehead atoms. The number of rotatable bonds is 3. The molecule has 4 nitrogen and oxygen atoms in total. The summed E-state index contributed by atoms with van der Waals surface area (Å²) in [5, 5.41) is 9.16. The number of nitrogen functional groups attached to an aromatic ring is 1. The number of nitriles is 1. The van der Waals surface area contributed by atoms with E-state index in [2.05, 4.69) is 6.07 Å². The van der Waals surface area contributed by atoms with E-state index < -0.39 is 0 Å². The van der Waals surface area contributed by atoms with Gasteiger partial charge in [-0.25, -0.2) is 0 Å². The van der Waals surface area contributed by atoms with Gasteiger partial charge in [0.15, 0.2) is 5.88 Å². The van der Waals surface area contributed by atoms with Gasteiger partial charge in [0, 0.05) is 21.8 Å². The standard InChI is InChI=1S/C16H14N2O2S/c1-19-12-4-2-10(3-5-12)14-8-13(16(18)20-14)15-11(9-17)6-7-21-15/h2-5,8H,6-7,18H2,1H3. The number of methoxy groups -OCH3 is 1. The molecule has 0 saturated heterocycles. The number of anilines is 1. The molecule has 1 aromatic carbocycles. The summed E-state index contributed by atoms with van der Waals surface area (Å²) in [4.78, 5) is 0.943. The fraction of sp³-hybridized carbons (Fsp3) is 0.188. The minimum absolute atomic E-state index is 0.359. The Balaban J connectivity index is 2.00. The number of allylic oxidation sites excluding steroid dienone is 1. The van der Waals surface area contributed by atoms with Crippen LogP contribution < -0.4 is 10.5 Å². The van der Waals surface area contributed by atoms with Gasteiger partial charge in [-0.05, 0) is 36.8 Å². The summed E-state index contributed by atoms with van der Waals surface area (Å²) in [6.07, 6.45) is 0.791. The molecule has 2 heterocycles. The molecule has 5 heteroatoms. The molecule has 106 valence electrons. The molecule has 1 aromatic heterocycles. The SMILES string of the molecule is COc1ccc(-c2cc(C3=C(C#N)CCS3)c(N)o2)cc1. The van der Waals surface area contributed by atoms with Gasteiger partial charge in [-0.15, -0.1) is 11.8 Å². The molecule has 0 radical (unpaired) electrons. The Morgan fingerprint density at radius 3 is 2.76 bits per heavy atom. The molecule has 2 aromatic rings. The van der Waals surface area contributed by atoms with E-state index in [1.54, 1.807) is 18.9 Å². The number of benzene rings is 1. The van der Waals surface area contributed by atoms with Crippen molar-refractivity contribution in [2.75, 3.05) is 18.6 Å². The number of nitrogens with zero attached hydrogens (tertiary/aromatic N) is 1. The quantitative estimate of drug-likeness (QED) is 0.930. The zero-order chi connectivity index (χ0) is 14.8. The lowest BCUT2D eigenvalue weighted by atomic mass is 10.1. The molecule has 3 rings (SSSR count). The first-order valence-electron chi connectivity index (χ1n) is 6.53. The summed E-state index contributed by atoms with van der Waals surface area (Å²) in [6.45, 7) is 0. The number of furan rings is 1. The Morgan fingerprint density at radius 2 is 2.10 bits per heavy atom. The molecule has 0 amide bonds. The van der Waals surface area contributed by atoms with Crippen molar-refractivity contribution in [1.29, 1.82) is 5.26 Å². The average molecular weight is 298 g/mol. The van der Waals surface area contributed by atoms with Gasteiger partial charge in [-0.2, -0.15) is 5.26 Å². The Bertz CT molecular complexity index is 739. The number of thioether (sulfide) groups is 1. The Kier molecular flexibility index (Phi) is 3.63. The fourth-order valence-electron chi connectivity index (χ4n) is 2.28. The molecule has 0 aliphatic carbocycles. The zero-order valence-electron chi connectivity index (χ0n) is 11.6. The third-order valence-corrected chi connectivity index (χ3v) is 4.55. The predicted molar refractivity (Wildman–Crippen MR) is 84.7 cm³/mol. The summed E-state index contributed by atoms with van der Waals surface area (Å²) in [5.74, 6) is 2.76.